The molecule has 26 heavy (non-hydrogen) atoms. The maximum absolute atomic E-state index is 12.6. The number of carbonyl (C=O) groups is 1. The van der Waals surface area contributed by atoms with E-state index in [4.69, 9.17) is 0 Å². The first-order valence-electron chi connectivity index (χ1n) is 8.34. The second kappa shape index (κ2) is 7.31. The number of nitrogens with one attached hydrogen (secondary N) is 1. The highest BCUT2D eigenvalue weighted by molar-refractivity contribution is 5.94. The van der Waals surface area contributed by atoms with E-state index in [0.29, 0.717) is 5.69 Å². The predicted molar refractivity (Wildman–Crippen MR) is 101 cm³/mol. The molecule has 6 heteroatoms. The number of carbonyl (C=O) groups excluding carboxylic acids is 1. The van der Waals surface area contributed by atoms with E-state index in [2.05, 4.69) is 15.4 Å². The summed E-state index contributed by atoms with van der Waals surface area (Å²) in [6.45, 7) is 5.58. The number of aromatic nitrogens is 3. The van der Waals surface area contributed by atoms with Gasteiger partial charge in [-0.15, -0.1) is 0 Å². The van der Waals surface area contributed by atoms with Gasteiger partial charge in [-0.2, -0.15) is 5.10 Å². The fourth-order valence-electron chi connectivity index (χ4n) is 2.67. The summed E-state index contributed by atoms with van der Waals surface area (Å²) in [6, 6.07) is 11.7. The van der Waals surface area contributed by atoms with E-state index in [9.17, 15) is 9.59 Å². The van der Waals surface area contributed by atoms with Gasteiger partial charge in [0.1, 0.15) is 6.04 Å². The molecule has 1 amide bonds. The van der Waals surface area contributed by atoms with Crippen molar-refractivity contribution in [1.29, 1.82) is 0 Å². The molecule has 1 unspecified atom stereocenters. The summed E-state index contributed by atoms with van der Waals surface area (Å²) in [5.41, 5.74) is 3.85. The standard InChI is InChI=1S/C20H20N4O2/c1-13-6-7-17(14(2)11-13)22-20(26)15(3)24-19(25)9-8-18(23-24)16-5-4-10-21-12-16/h4-12,15H,1-3H3,(H,22,26). The Morgan fingerprint density at radius 3 is 2.65 bits per heavy atom. The summed E-state index contributed by atoms with van der Waals surface area (Å²) >= 11 is 0. The van der Waals surface area contributed by atoms with Gasteiger partial charge in [0.05, 0.1) is 5.69 Å². The Morgan fingerprint density at radius 2 is 1.96 bits per heavy atom. The molecule has 3 aromatic rings. The number of rotatable bonds is 4. The van der Waals surface area contributed by atoms with Crippen LogP contribution in [0.25, 0.3) is 11.3 Å². The van der Waals surface area contributed by atoms with Crippen LogP contribution in [-0.2, 0) is 4.79 Å². The minimum absolute atomic E-state index is 0.296. The number of anilines is 1. The van der Waals surface area contributed by atoms with Gasteiger partial charge in [0.15, 0.2) is 0 Å². The number of amides is 1. The van der Waals surface area contributed by atoms with Crippen LogP contribution in [-0.4, -0.2) is 20.7 Å². The van der Waals surface area contributed by atoms with Crippen molar-refractivity contribution >= 4 is 11.6 Å². The van der Waals surface area contributed by atoms with Gasteiger partial charge in [-0.25, -0.2) is 4.68 Å². The zero-order valence-corrected chi connectivity index (χ0v) is 14.9. The largest absolute Gasteiger partial charge is 0.324 e. The van der Waals surface area contributed by atoms with Crippen LogP contribution in [0.5, 0.6) is 0 Å². The van der Waals surface area contributed by atoms with E-state index >= 15 is 0 Å². The van der Waals surface area contributed by atoms with Crippen LogP contribution >= 0.6 is 0 Å². The van der Waals surface area contributed by atoms with Gasteiger partial charge >= 0.3 is 0 Å². The molecule has 2 aromatic heterocycles. The fraction of sp³-hybridized carbons (Fsp3) is 0.200. The Bertz CT molecular complexity index is 996. The summed E-state index contributed by atoms with van der Waals surface area (Å²) in [5, 5.41) is 7.22. The summed E-state index contributed by atoms with van der Waals surface area (Å²) < 4.78 is 1.20. The molecule has 0 fully saturated rings. The van der Waals surface area contributed by atoms with Crippen molar-refractivity contribution in [2.24, 2.45) is 0 Å². The molecule has 0 saturated carbocycles. The van der Waals surface area contributed by atoms with E-state index in [1.54, 1.807) is 31.5 Å². The van der Waals surface area contributed by atoms with Crippen molar-refractivity contribution < 1.29 is 4.79 Å². The number of nitrogens with zero attached hydrogens (tertiary/aromatic N) is 3. The number of pyridine rings is 1. The van der Waals surface area contributed by atoms with Crippen molar-refractivity contribution in [2.45, 2.75) is 26.8 Å². The Labute approximate surface area is 151 Å². The van der Waals surface area contributed by atoms with E-state index in [1.807, 2.05) is 38.1 Å². The van der Waals surface area contributed by atoms with Crippen LogP contribution in [0.4, 0.5) is 5.69 Å². The van der Waals surface area contributed by atoms with Crippen LogP contribution in [0.15, 0.2) is 59.7 Å². The Kier molecular flexibility index (Phi) is 4.93. The lowest BCUT2D eigenvalue weighted by atomic mass is 10.1. The molecule has 2 heterocycles. The highest BCUT2D eigenvalue weighted by Gasteiger charge is 2.19. The molecule has 0 aliphatic rings. The lowest BCUT2D eigenvalue weighted by Gasteiger charge is -2.16. The van der Waals surface area contributed by atoms with Gasteiger partial charge in [0.2, 0.25) is 5.91 Å². The van der Waals surface area contributed by atoms with Gasteiger partial charge < -0.3 is 5.32 Å². The zero-order chi connectivity index (χ0) is 18.7. The SMILES string of the molecule is Cc1ccc(NC(=O)C(C)n2nc(-c3cccnc3)ccc2=O)c(C)c1. The molecule has 1 aromatic carbocycles. The summed E-state index contributed by atoms with van der Waals surface area (Å²) in [4.78, 5) is 28.9. The molecule has 3 rings (SSSR count). The second-order valence-electron chi connectivity index (χ2n) is 6.23. The molecule has 6 nitrogen and oxygen atoms in total. The van der Waals surface area contributed by atoms with E-state index < -0.39 is 6.04 Å². The van der Waals surface area contributed by atoms with Gasteiger partial charge in [-0.05, 0) is 50.6 Å². The minimum atomic E-state index is -0.750. The first-order chi connectivity index (χ1) is 12.5. The quantitative estimate of drug-likeness (QED) is 0.786. The molecular formula is C20H20N4O2. The monoisotopic (exact) mass is 348 g/mol. The predicted octanol–water partition coefficient (Wildman–Crippen LogP) is 3.12. The third-order valence-corrected chi connectivity index (χ3v) is 4.17. The zero-order valence-electron chi connectivity index (χ0n) is 14.9. The highest BCUT2D eigenvalue weighted by atomic mass is 16.2. The first-order valence-corrected chi connectivity index (χ1v) is 8.34. The van der Waals surface area contributed by atoms with Crippen LogP contribution in [0, 0.1) is 13.8 Å². The maximum atomic E-state index is 12.6. The van der Waals surface area contributed by atoms with Crippen LogP contribution < -0.4 is 10.9 Å². The van der Waals surface area contributed by atoms with Gasteiger partial charge in [-0.3, -0.25) is 14.6 Å². The molecule has 0 spiro atoms. The van der Waals surface area contributed by atoms with E-state index in [-0.39, 0.29) is 11.5 Å². The Hall–Kier alpha value is -3.28. The van der Waals surface area contributed by atoms with E-state index in [1.165, 1.54) is 10.7 Å². The number of aryl methyl sites for hydroxylation is 2. The third kappa shape index (κ3) is 3.69. The van der Waals surface area contributed by atoms with Crippen molar-refractivity contribution in [3.63, 3.8) is 0 Å². The molecule has 0 radical (unpaired) electrons. The van der Waals surface area contributed by atoms with Gasteiger partial charge in [0, 0.05) is 29.7 Å². The molecular weight excluding hydrogens is 328 g/mol. The van der Waals surface area contributed by atoms with E-state index in [0.717, 1.165) is 22.4 Å². The minimum Gasteiger partial charge on any atom is -0.324 e. The fourth-order valence-corrected chi connectivity index (χ4v) is 2.67. The van der Waals surface area contributed by atoms with Crippen molar-refractivity contribution in [2.75, 3.05) is 5.32 Å². The molecule has 0 bridgehead atoms. The normalized spacial score (nSPS) is 11.8. The number of benzene rings is 1. The van der Waals surface area contributed by atoms with Crippen LogP contribution in [0.3, 0.4) is 0 Å². The third-order valence-electron chi connectivity index (χ3n) is 4.17. The Morgan fingerprint density at radius 1 is 1.15 bits per heavy atom. The van der Waals surface area contributed by atoms with Crippen LogP contribution in [0.1, 0.15) is 24.1 Å². The molecule has 1 atom stereocenters. The summed E-state index contributed by atoms with van der Waals surface area (Å²) in [6.07, 6.45) is 3.33. The number of hydrogen-bond acceptors (Lipinski definition) is 4. The summed E-state index contributed by atoms with van der Waals surface area (Å²) in [7, 11) is 0. The first kappa shape index (κ1) is 17.5. The van der Waals surface area contributed by atoms with Crippen LogP contribution in [0.2, 0.25) is 0 Å². The smallest absolute Gasteiger partial charge is 0.267 e. The Balaban J connectivity index is 1.88. The topological polar surface area (TPSA) is 76.9 Å². The van der Waals surface area contributed by atoms with Gasteiger partial charge in [0.25, 0.3) is 5.56 Å². The number of hydrogen-bond donors (Lipinski definition) is 1. The molecule has 132 valence electrons. The van der Waals surface area contributed by atoms with Gasteiger partial charge in [-0.1, -0.05) is 17.7 Å². The lowest BCUT2D eigenvalue weighted by molar-refractivity contribution is -0.119. The van der Waals surface area contributed by atoms with Crippen molar-refractivity contribution in [3.8, 4) is 11.3 Å². The maximum Gasteiger partial charge on any atom is 0.267 e. The molecule has 1 N–H and O–H groups in total. The summed E-state index contributed by atoms with van der Waals surface area (Å²) in [5.74, 6) is -0.296. The highest BCUT2D eigenvalue weighted by Crippen LogP contribution is 2.18. The molecule has 0 aliphatic heterocycles. The second-order valence-corrected chi connectivity index (χ2v) is 6.23. The van der Waals surface area contributed by atoms with Crippen molar-refractivity contribution in [1.82, 2.24) is 14.8 Å². The average Bonchev–Trinajstić information content (AvgIpc) is 2.64. The molecule has 0 aliphatic carbocycles. The molecule has 0 saturated heterocycles. The average molecular weight is 348 g/mol. The lowest BCUT2D eigenvalue weighted by Crippen LogP contribution is -2.33. The van der Waals surface area contributed by atoms with Crippen molar-refractivity contribution in [3.05, 3.63) is 76.3 Å².